The van der Waals surface area contributed by atoms with Crippen molar-refractivity contribution in [3.05, 3.63) is 41.7 Å². The van der Waals surface area contributed by atoms with Crippen LogP contribution in [0, 0.1) is 0 Å². The molecule has 0 fully saturated rings. The van der Waals surface area contributed by atoms with Gasteiger partial charge >= 0.3 is 6.18 Å². The molecule has 142 valence electrons. The minimum atomic E-state index is -4.70. The Morgan fingerprint density at radius 2 is 1.92 bits per heavy atom. The van der Waals surface area contributed by atoms with E-state index in [1.54, 1.807) is 6.92 Å². The molecule has 2 rings (SSSR count). The fourth-order valence-corrected chi connectivity index (χ4v) is 3.00. The summed E-state index contributed by atoms with van der Waals surface area (Å²) in [5.74, 6) is 3.77. The molecule has 2 unspecified atom stereocenters. The molecule has 0 saturated heterocycles. The first kappa shape index (κ1) is 20.1. The molecule has 0 aliphatic rings. The molecule has 1 amide bonds. The predicted molar refractivity (Wildman–Crippen MR) is 92.9 cm³/mol. The zero-order valence-corrected chi connectivity index (χ0v) is 15.1. The lowest BCUT2D eigenvalue weighted by Gasteiger charge is -2.17. The predicted octanol–water partition coefficient (Wildman–Crippen LogP) is 2.63. The van der Waals surface area contributed by atoms with E-state index in [9.17, 15) is 18.0 Å². The van der Waals surface area contributed by atoms with Gasteiger partial charge in [0.2, 0.25) is 11.1 Å². The molecule has 10 heteroatoms. The number of thioether (sulfide) groups is 1. The highest BCUT2D eigenvalue weighted by Gasteiger charge is 2.38. The van der Waals surface area contributed by atoms with Crippen molar-refractivity contribution >= 4 is 17.7 Å². The Bertz CT molecular complexity index is 735. The number of benzene rings is 1. The Balaban J connectivity index is 1.86. The molecular formula is C16H20F3N5OS. The number of amides is 1. The summed E-state index contributed by atoms with van der Waals surface area (Å²) in [5.41, 5.74) is 1.17. The van der Waals surface area contributed by atoms with E-state index in [4.69, 9.17) is 5.84 Å². The fraction of sp³-hybridized carbons (Fsp3) is 0.438. The summed E-state index contributed by atoms with van der Waals surface area (Å²) in [7, 11) is 0. The Labute approximate surface area is 153 Å². The van der Waals surface area contributed by atoms with Gasteiger partial charge in [0.25, 0.3) is 5.82 Å². The highest BCUT2D eigenvalue weighted by molar-refractivity contribution is 8.00. The number of nitrogens with zero attached hydrogens (tertiary/aromatic N) is 3. The standard InChI is InChI=1S/C16H20F3N5OS/c1-10(8-9-12-6-4-3-5-7-12)21-13(25)11(2)26-15-23-22-14(24(15)20)16(17,18)19/h3-7,10-11H,8-9,20H2,1-2H3,(H,21,25). The van der Waals surface area contributed by atoms with Gasteiger partial charge in [-0.1, -0.05) is 42.1 Å². The van der Waals surface area contributed by atoms with Crippen LogP contribution >= 0.6 is 11.8 Å². The largest absolute Gasteiger partial charge is 0.453 e. The van der Waals surface area contributed by atoms with Gasteiger partial charge < -0.3 is 11.2 Å². The van der Waals surface area contributed by atoms with Crippen molar-refractivity contribution in [3.63, 3.8) is 0 Å². The molecule has 0 aliphatic carbocycles. The van der Waals surface area contributed by atoms with Crippen LogP contribution in [0.3, 0.4) is 0 Å². The molecule has 6 nitrogen and oxygen atoms in total. The number of rotatable bonds is 7. The lowest BCUT2D eigenvalue weighted by atomic mass is 10.1. The van der Waals surface area contributed by atoms with E-state index in [-0.39, 0.29) is 17.1 Å². The number of hydrogen-bond donors (Lipinski definition) is 2. The lowest BCUT2D eigenvalue weighted by Crippen LogP contribution is -2.38. The maximum atomic E-state index is 12.7. The van der Waals surface area contributed by atoms with Crippen molar-refractivity contribution in [1.82, 2.24) is 20.2 Å². The van der Waals surface area contributed by atoms with Crippen LogP contribution in [0.2, 0.25) is 0 Å². The van der Waals surface area contributed by atoms with Gasteiger partial charge in [0.1, 0.15) is 0 Å². The van der Waals surface area contributed by atoms with Gasteiger partial charge in [-0.3, -0.25) is 4.79 Å². The second kappa shape index (κ2) is 8.43. The molecule has 0 radical (unpaired) electrons. The van der Waals surface area contributed by atoms with Crippen LogP contribution in [-0.4, -0.2) is 32.1 Å². The van der Waals surface area contributed by atoms with Gasteiger partial charge in [0.15, 0.2) is 0 Å². The van der Waals surface area contributed by atoms with Crippen LogP contribution in [0.15, 0.2) is 35.5 Å². The number of aromatic nitrogens is 3. The van der Waals surface area contributed by atoms with Gasteiger partial charge in [0, 0.05) is 6.04 Å². The van der Waals surface area contributed by atoms with Crippen LogP contribution in [-0.2, 0) is 17.4 Å². The number of alkyl halides is 3. The van der Waals surface area contributed by atoms with Crippen molar-refractivity contribution in [2.45, 2.75) is 49.3 Å². The minimum absolute atomic E-state index is 0.0766. The zero-order valence-electron chi connectivity index (χ0n) is 14.3. The highest BCUT2D eigenvalue weighted by Crippen LogP contribution is 2.30. The first-order valence-electron chi connectivity index (χ1n) is 7.97. The van der Waals surface area contributed by atoms with Crippen molar-refractivity contribution < 1.29 is 18.0 Å². The van der Waals surface area contributed by atoms with E-state index in [2.05, 4.69) is 15.5 Å². The van der Waals surface area contributed by atoms with Gasteiger partial charge in [-0.05, 0) is 32.3 Å². The average molecular weight is 387 g/mol. The number of aryl methyl sites for hydroxylation is 1. The Morgan fingerprint density at radius 1 is 1.27 bits per heavy atom. The molecule has 1 heterocycles. The van der Waals surface area contributed by atoms with Crippen molar-refractivity contribution in [3.8, 4) is 0 Å². The normalized spacial score (nSPS) is 14.0. The number of nitrogens with one attached hydrogen (secondary N) is 1. The van der Waals surface area contributed by atoms with Crippen LogP contribution in [0.25, 0.3) is 0 Å². The summed E-state index contributed by atoms with van der Waals surface area (Å²) in [5, 5.41) is 8.46. The molecule has 0 bridgehead atoms. The maximum absolute atomic E-state index is 12.7. The number of nitrogen functional groups attached to an aromatic ring is 1. The van der Waals surface area contributed by atoms with Crippen molar-refractivity contribution in [1.29, 1.82) is 0 Å². The Kier molecular flexibility index (Phi) is 6.52. The van der Waals surface area contributed by atoms with Gasteiger partial charge in [-0.15, -0.1) is 10.2 Å². The van der Waals surface area contributed by atoms with E-state index >= 15 is 0 Å². The molecule has 3 N–H and O–H groups in total. The second-order valence-electron chi connectivity index (χ2n) is 5.87. The lowest BCUT2D eigenvalue weighted by molar-refractivity contribution is -0.146. The molecule has 0 saturated carbocycles. The summed E-state index contributed by atoms with van der Waals surface area (Å²) in [6, 6.07) is 9.80. The van der Waals surface area contributed by atoms with E-state index < -0.39 is 17.3 Å². The molecule has 2 atom stereocenters. The highest BCUT2D eigenvalue weighted by atomic mass is 32.2. The molecule has 26 heavy (non-hydrogen) atoms. The third kappa shape index (κ3) is 5.38. The van der Waals surface area contributed by atoms with Crippen molar-refractivity contribution in [2.75, 3.05) is 5.84 Å². The first-order valence-corrected chi connectivity index (χ1v) is 8.85. The summed E-state index contributed by atoms with van der Waals surface area (Å²) in [6.45, 7) is 3.46. The van der Waals surface area contributed by atoms with E-state index in [0.717, 1.165) is 24.6 Å². The molecular weight excluding hydrogens is 367 g/mol. The van der Waals surface area contributed by atoms with E-state index in [1.165, 1.54) is 5.56 Å². The third-order valence-corrected chi connectivity index (χ3v) is 4.72. The summed E-state index contributed by atoms with van der Waals surface area (Å²) in [6.07, 6.45) is -3.13. The number of nitrogens with two attached hydrogens (primary N) is 1. The Hall–Kier alpha value is -2.23. The SMILES string of the molecule is CC(CCc1ccccc1)NC(=O)C(C)Sc1nnc(C(F)(F)F)n1N. The smallest absolute Gasteiger partial charge is 0.353 e. The first-order chi connectivity index (χ1) is 12.2. The topological polar surface area (TPSA) is 85.8 Å². The van der Waals surface area contributed by atoms with E-state index in [1.807, 2.05) is 37.3 Å². The van der Waals surface area contributed by atoms with Gasteiger partial charge in [0.05, 0.1) is 5.25 Å². The molecule has 1 aromatic carbocycles. The van der Waals surface area contributed by atoms with Crippen LogP contribution < -0.4 is 11.2 Å². The number of halogens is 3. The van der Waals surface area contributed by atoms with E-state index in [0.29, 0.717) is 4.68 Å². The average Bonchev–Trinajstić information content (AvgIpc) is 2.94. The van der Waals surface area contributed by atoms with Crippen LogP contribution in [0.1, 0.15) is 31.7 Å². The monoisotopic (exact) mass is 387 g/mol. The summed E-state index contributed by atoms with van der Waals surface area (Å²) < 4.78 is 38.3. The van der Waals surface area contributed by atoms with Gasteiger partial charge in [-0.25, -0.2) is 4.68 Å². The minimum Gasteiger partial charge on any atom is -0.353 e. The number of carbonyl (C=O) groups is 1. The Morgan fingerprint density at radius 3 is 2.50 bits per heavy atom. The quantitative estimate of drug-likeness (QED) is 0.563. The number of hydrogen-bond acceptors (Lipinski definition) is 5. The molecule has 1 aromatic heterocycles. The van der Waals surface area contributed by atoms with Crippen LogP contribution in [0.5, 0.6) is 0 Å². The molecule has 0 spiro atoms. The van der Waals surface area contributed by atoms with Crippen molar-refractivity contribution in [2.24, 2.45) is 0 Å². The molecule has 0 aliphatic heterocycles. The van der Waals surface area contributed by atoms with Crippen LogP contribution in [0.4, 0.5) is 13.2 Å². The third-order valence-electron chi connectivity index (χ3n) is 3.67. The molecule has 2 aromatic rings. The fourth-order valence-electron chi connectivity index (χ4n) is 2.22. The number of carbonyl (C=O) groups excluding carboxylic acids is 1. The zero-order chi connectivity index (χ0) is 19.3. The second-order valence-corrected chi connectivity index (χ2v) is 7.18. The summed E-state index contributed by atoms with van der Waals surface area (Å²) in [4.78, 5) is 12.2. The van der Waals surface area contributed by atoms with Gasteiger partial charge in [-0.2, -0.15) is 13.2 Å². The summed E-state index contributed by atoms with van der Waals surface area (Å²) >= 11 is 0.824. The maximum Gasteiger partial charge on any atom is 0.453 e.